The minimum Gasteiger partial charge on any atom is -0.449 e. The van der Waals surface area contributed by atoms with Crippen LogP contribution in [0.3, 0.4) is 0 Å². The highest BCUT2D eigenvalue weighted by atomic mass is 32.2. The number of carbonyl (C=O) groups excluding carboxylic acids is 1. The third-order valence-electron chi connectivity index (χ3n) is 2.58. The molecule has 0 aliphatic heterocycles. The molecule has 8 heteroatoms. The number of carbonyl (C=O) groups is 1. The normalized spacial score (nSPS) is 11.3. The van der Waals surface area contributed by atoms with Crippen LogP contribution in [0.2, 0.25) is 0 Å². The predicted octanol–water partition coefficient (Wildman–Crippen LogP) is 1.08. The Labute approximate surface area is 118 Å². The van der Waals surface area contributed by atoms with Gasteiger partial charge in [-0.2, -0.15) is 12.7 Å². The second kappa shape index (κ2) is 7.11. The molecule has 0 atom stereocenters. The number of anilines is 1. The van der Waals surface area contributed by atoms with Crippen molar-refractivity contribution in [1.29, 1.82) is 0 Å². The SMILES string of the molecule is CCOC(=O)NS(=O)(=O)N(CC)Cc1ccccc1N. The highest BCUT2D eigenvalue weighted by Gasteiger charge is 2.24. The predicted molar refractivity (Wildman–Crippen MR) is 76.0 cm³/mol. The molecule has 3 N–H and O–H groups in total. The number of benzene rings is 1. The van der Waals surface area contributed by atoms with Gasteiger partial charge in [-0.15, -0.1) is 0 Å². The summed E-state index contributed by atoms with van der Waals surface area (Å²) in [4.78, 5) is 11.2. The molecule has 0 aromatic heterocycles. The van der Waals surface area contributed by atoms with Gasteiger partial charge in [0.15, 0.2) is 0 Å². The number of hydrogen-bond acceptors (Lipinski definition) is 5. The molecule has 0 aliphatic carbocycles. The molecular weight excluding hydrogens is 282 g/mol. The highest BCUT2D eigenvalue weighted by molar-refractivity contribution is 7.87. The van der Waals surface area contributed by atoms with Crippen molar-refractivity contribution < 1.29 is 17.9 Å². The number of hydrogen-bond donors (Lipinski definition) is 2. The summed E-state index contributed by atoms with van der Waals surface area (Å²) in [5, 5.41) is 0. The molecule has 112 valence electrons. The summed E-state index contributed by atoms with van der Waals surface area (Å²) < 4.78 is 31.6. The highest BCUT2D eigenvalue weighted by Crippen LogP contribution is 2.15. The van der Waals surface area contributed by atoms with Crippen LogP contribution in [0.5, 0.6) is 0 Å². The summed E-state index contributed by atoms with van der Waals surface area (Å²) in [5.41, 5.74) is 6.95. The number of nitrogen functional groups attached to an aromatic ring is 1. The van der Waals surface area contributed by atoms with Crippen LogP contribution >= 0.6 is 0 Å². The molecule has 1 amide bonds. The molecular formula is C12H19N3O4S. The van der Waals surface area contributed by atoms with Crippen molar-refractivity contribution in [2.75, 3.05) is 18.9 Å². The molecule has 1 rings (SSSR count). The maximum Gasteiger partial charge on any atom is 0.421 e. The summed E-state index contributed by atoms with van der Waals surface area (Å²) in [5.74, 6) is 0. The number of nitrogens with zero attached hydrogens (tertiary/aromatic N) is 1. The maximum atomic E-state index is 12.0. The Hall–Kier alpha value is -1.80. The Morgan fingerprint density at radius 1 is 1.35 bits per heavy atom. The van der Waals surface area contributed by atoms with Gasteiger partial charge in [0.2, 0.25) is 0 Å². The first kappa shape index (κ1) is 16.3. The first-order chi connectivity index (χ1) is 9.40. The third kappa shape index (κ3) is 4.39. The smallest absolute Gasteiger partial charge is 0.421 e. The van der Waals surface area contributed by atoms with Crippen LogP contribution in [0.4, 0.5) is 10.5 Å². The fraction of sp³-hybridized carbons (Fsp3) is 0.417. The number of rotatable bonds is 6. The van der Waals surface area contributed by atoms with Crippen LogP contribution in [-0.4, -0.2) is 32.0 Å². The zero-order valence-electron chi connectivity index (χ0n) is 11.5. The van der Waals surface area contributed by atoms with Crippen molar-refractivity contribution in [3.05, 3.63) is 29.8 Å². The lowest BCUT2D eigenvalue weighted by molar-refractivity contribution is 0.158. The summed E-state index contributed by atoms with van der Waals surface area (Å²) in [6, 6.07) is 6.96. The topological polar surface area (TPSA) is 102 Å². The van der Waals surface area contributed by atoms with Crippen molar-refractivity contribution in [2.24, 2.45) is 0 Å². The molecule has 0 radical (unpaired) electrons. The van der Waals surface area contributed by atoms with Gasteiger partial charge in [0, 0.05) is 18.8 Å². The van der Waals surface area contributed by atoms with Gasteiger partial charge in [0.25, 0.3) is 0 Å². The monoisotopic (exact) mass is 301 g/mol. The molecule has 0 saturated carbocycles. The van der Waals surface area contributed by atoms with E-state index in [4.69, 9.17) is 5.73 Å². The van der Waals surface area contributed by atoms with Crippen LogP contribution < -0.4 is 10.5 Å². The van der Waals surface area contributed by atoms with E-state index in [1.807, 2.05) is 4.72 Å². The minimum atomic E-state index is -3.96. The van der Waals surface area contributed by atoms with Crippen molar-refractivity contribution in [2.45, 2.75) is 20.4 Å². The Bertz CT molecular complexity index is 560. The number of amides is 1. The first-order valence-electron chi connectivity index (χ1n) is 6.18. The Balaban J connectivity index is 2.85. The summed E-state index contributed by atoms with van der Waals surface area (Å²) >= 11 is 0. The zero-order valence-corrected chi connectivity index (χ0v) is 12.3. The van der Waals surface area contributed by atoms with Gasteiger partial charge in [-0.05, 0) is 18.6 Å². The summed E-state index contributed by atoms with van der Waals surface area (Å²) in [6.45, 7) is 3.64. The van der Waals surface area contributed by atoms with Crippen molar-refractivity contribution in [1.82, 2.24) is 9.03 Å². The van der Waals surface area contributed by atoms with E-state index in [0.29, 0.717) is 11.3 Å². The molecule has 0 spiro atoms. The van der Waals surface area contributed by atoms with Gasteiger partial charge in [-0.1, -0.05) is 25.1 Å². The number of ether oxygens (including phenoxy) is 1. The van der Waals surface area contributed by atoms with Crippen LogP contribution in [0.1, 0.15) is 19.4 Å². The van der Waals surface area contributed by atoms with Gasteiger partial charge in [0.05, 0.1) is 6.61 Å². The lowest BCUT2D eigenvalue weighted by atomic mass is 10.2. The molecule has 0 bridgehead atoms. The quantitative estimate of drug-likeness (QED) is 0.766. The van der Waals surface area contributed by atoms with E-state index in [0.717, 1.165) is 4.31 Å². The van der Waals surface area contributed by atoms with Crippen molar-refractivity contribution in [3.8, 4) is 0 Å². The van der Waals surface area contributed by atoms with E-state index in [-0.39, 0.29) is 19.7 Å². The fourth-order valence-electron chi connectivity index (χ4n) is 1.57. The van der Waals surface area contributed by atoms with E-state index < -0.39 is 16.3 Å². The molecule has 0 saturated heterocycles. The van der Waals surface area contributed by atoms with Gasteiger partial charge in [0.1, 0.15) is 0 Å². The molecule has 1 aromatic rings. The lowest BCUT2D eigenvalue weighted by Crippen LogP contribution is -2.43. The van der Waals surface area contributed by atoms with Crippen molar-refractivity contribution >= 4 is 22.0 Å². The standard InChI is InChI=1S/C12H19N3O4S/c1-3-15(9-10-7-5-6-8-11(10)13)20(17,18)14-12(16)19-4-2/h5-8H,3-4,9,13H2,1-2H3,(H,14,16). The second-order valence-electron chi connectivity index (χ2n) is 3.95. The molecule has 0 unspecified atom stereocenters. The number of nitrogens with one attached hydrogen (secondary N) is 1. The second-order valence-corrected chi connectivity index (χ2v) is 5.62. The molecule has 20 heavy (non-hydrogen) atoms. The van der Waals surface area contributed by atoms with Gasteiger partial charge in [-0.3, -0.25) is 0 Å². The minimum absolute atomic E-state index is 0.0813. The van der Waals surface area contributed by atoms with E-state index in [1.54, 1.807) is 38.1 Å². The largest absolute Gasteiger partial charge is 0.449 e. The Kier molecular flexibility index (Phi) is 5.78. The number of para-hydroxylation sites is 1. The van der Waals surface area contributed by atoms with Crippen molar-refractivity contribution in [3.63, 3.8) is 0 Å². The fourth-order valence-corrected chi connectivity index (χ4v) is 2.61. The van der Waals surface area contributed by atoms with E-state index >= 15 is 0 Å². The molecule has 0 heterocycles. The van der Waals surface area contributed by atoms with Crippen LogP contribution in [0.15, 0.2) is 24.3 Å². The van der Waals surface area contributed by atoms with Gasteiger partial charge in [-0.25, -0.2) is 9.52 Å². The Morgan fingerprint density at radius 2 is 2.00 bits per heavy atom. The van der Waals surface area contributed by atoms with Crippen LogP contribution in [0.25, 0.3) is 0 Å². The Morgan fingerprint density at radius 3 is 2.55 bits per heavy atom. The van der Waals surface area contributed by atoms with E-state index in [2.05, 4.69) is 4.74 Å². The average molecular weight is 301 g/mol. The molecule has 1 aromatic carbocycles. The maximum absolute atomic E-state index is 12.0. The van der Waals surface area contributed by atoms with Gasteiger partial charge >= 0.3 is 16.3 Å². The van der Waals surface area contributed by atoms with Gasteiger partial charge < -0.3 is 10.5 Å². The average Bonchev–Trinajstić information content (AvgIpc) is 2.37. The molecule has 7 nitrogen and oxygen atoms in total. The first-order valence-corrected chi connectivity index (χ1v) is 7.62. The number of nitrogens with two attached hydrogens (primary N) is 1. The van der Waals surface area contributed by atoms with E-state index in [1.165, 1.54) is 0 Å². The third-order valence-corrected chi connectivity index (χ3v) is 4.07. The van der Waals surface area contributed by atoms with Crippen LogP contribution in [-0.2, 0) is 21.5 Å². The van der Waals surface area contributed by atoms with Crippen LogP contribution in [0, 0.1) is 0 Å². The molecule has 0 aliphatic rings. The molecule has 0 fully saturated rings. The van der Waals surface area contributed by atoms with E-state index in [9.17, 15) is 13.2 Å². The lowest BCUT2D eigenvalue weighted by Gasteiger charge is -2.21. The zero-order chi connectivity index (χ0) is 15.2. The summed E-state index contributed by atoms with van der Waals surface area (Å²) in [7, 11) is -3.96. The summed E-state index contributed by atoms with van der Waals surface area (Å²) in [6.07, 6.45) is -0.994.